The highest BCUT2D eigenvalue weighted by molar-refractivity contribution is 14.0. The molecule has 1 unspecified atom stereocenters. The highest BCUT2D eigenvalue weighted by Gasteiger charge is 2.08. The van der Waals surface area contributed by atoms with Crippen molar-refractivity contribution in [1.82, 2.24) is 25.4 Å². The number of guanidine groups is 1. The summed E-state index contributed by atoms with van der Waals surface area (Å²) >= 11 is 0. The van der Waals surface area contributed by atoms with Gasteiger partial charge in [-0.05, 0) is 26.0 Å². The number of nitrogens with one attached hydrogen (secondary N) is 2. The van der Waals surface area contributed by atoms with E-state index in [2.05, 4.69) is 25.8 Å². The van der Waals surface area contributed by atoms with Gasteiger partial charge in [-0.15, -0.1) is 34.2 Å². The summed E-state index contributed by atoms with van der Waals surface area (Å²) in [6.45, 7) is 5.84. The quantitative estimate of drug-likeness (QED) is 0.235. The van der Waals surface area contributed by atoms with Gasteiger partial charge in [0, 0.05) is 26.8 Å². The number of aryl methyl sites for hydroxylation is 1. The van der Waals surface area contributed by atoms with E-state index < -0.39 is 0 Å². The SMILES string of the molecule is COCCNC(=NCc1nnc(C)n1C)NCC(C)Oc1cccc(F)c1.I. The van der Waals surface area contributed by atoms with E-state index >= 15 is 0 Å². The lowest BCUT2D eigenvalue weighted by molar-refractivity contribution is 0.203. The van der Waals surface area contributed by atoms with Crippen LogP contribution in [0.1, 0.15) is 18.6 Å². The topological polar surface area (TPSA) is 85.6 Å². The Morgan fingerprint density at radius 1 is 1.32 bits per heavy atom. The van der Waals surface area contributed by atoms with Gasteiger partial charge in [0.25, 0.3) is 0 Å². The summed E-state index contributed by atoms with van der Waals surface area (Å²) < 4.78 is 25.9. The zero-order valence-corrected chi connectivity index (χ0v) is 18.9. The predicted octanol–water partition coefficient (Wildman–Crippen LogP) is 2.03. The summed E-state index contributed by atoms with van der Waals surface area (Å²) in [5.41, 5.74) is 0. The third-order valence-electron chi connectivity index (χ3n) is 3.85. The first kappa shape index (κ1) is 24.1. The first-order chi connectivity index (χ1) is 13.0. The number of aromatic nitrogens is 3. The molecule has 10 heteroatoms. The van der Waals surface area contributed by atoms with Crippen LogP contribution in [0, 0.1) is 12.7 Å². The Morgan fingerprint density at radius 2 is 2.11 bits per heavy atom. The lowest BCUT2D eigenvalue weighted by atomic mass is 10.3. The summed E-state index contributed by atoms with van der Waals surface area (Å²) in [4.78, 5) is 4.53. The second-order valence-electron chi connectivity index (χ2n) is 6.07. The van der Waals surface area contributed by atoms with E-state index in [0.717, 1.165) is 11.6 Å². The van der Waals surface area contributed by atoms with Crippen LogP contribution in [0.2, 0.25) is 0 Å². The fourth-order valence-corrected chi connectivity index (χ4v) is 2.24. The first-order valence-corrected chi connectivity index (χ1v) is 8.77. The maximum atomic E-state index is 13.3. The average molecular weight is 506 g/mol. The normalized spacial score (nSPS) is 12.2. The lowest BCUT2D eigenvalue weighted by Gasteiger charge is -2.18. The number of aliphatic imine (C=N–C) groups is 1. The minimum atomic E-state index is -0.324. The molecular weight excluding hydrogens is 478 g/mol. The van der Waals surface area contributed by atoms with Gasteiger partial charge in [-0.1, -0.05) is 6.07 Å². The highest BCUT2D eigenvalue weighted by atomic mass is 127. The molecule has 0 radical (unpaired) electrons. The van der Waals surface area contributed by atoms with Gasteiger partial charge in [0.2, 0.25) is 0 Å². The molecule has 2 N–H and O–H groups in total. The summed E-state index contributed by atoms with van der Waals surface area (Å²) in [5, 5.41) is 14.5. The molecule has 1 atom stereocenters. The van der Waals surface area contributed by atoms with E-state index in [-0.39, 0.29) is 35.9 Å². The Balaban J connectivity index is 0.00000392. The summed E-state index contributed by atoms with van der Waals surface area (Å²) in [6, 6.07) is 6.09. The van der Waals surface area contributed by atoms with E-state index in [4.69, 9.17) is 9.47 Å². The number of methoxy groups -OCH3 is 1. The van der Waals surface area contributed by atoms with E-state index in [0.29, 0.717) is 38.0 Å². The number of halogens is 2. The molecule has 156 valence electrons. The zero-order chi connectivity index (χ0) is 19.6. The highest BCUT2D eigenvalue weighted by Crippen LogP contribution is 2.13. The van der Waals surface area contributed by atoms with Gasteiger partial charge in [-0.3, -0.25) is 0 Å². The van der Waals surface area contributed by atoms with Crippen molar-refractivity contribution < 1.29 is 13.9 Å². The van der Waals surface area contributed by atoms with Crippen LogP contribution in [0.4, 0.5) is 4.39 Å². The standard InChI is InChI=1S/C18H27FN6O2.HI/c1-13(27-16-7-5-6-15(19)10-16)11-21-18(20-8-9-26-4)22-12-17-24-23-14(2)25(17)3;/h5-7,10,13H,8-9,11-12H2,1-4H3,(H2,20,21,22);1H. The van der Waals surface area contributed by atoms with E-state index in [9.17, 15) is 4.39 Å². The fourth-order valence-electron chi connectivity index (χ4n) is 2.24. The Bertz CT molecular complexity index is 755. The van der Waals surface area contributed by atoms with Gasteiger partial charge >= 0.3 is 0 Å². The second-order valence-corrected chi connectivity index (χ2v) is 6.07. The maximum absolute atomic E-state index is 13.3. The van der Waals surface area contributed by atoms with Gasteiger partial charge < -0.3 is 24.7 Å². The molecule has 2 rings (SSSR count). The third kappa shape index (κ3) is 7.97. The van der Waals surface area contributed by atoms with Crippen molar-refractivity contribution in [3.63, 3.8) is 0 Å². The number of benzene rings is 1. The van der Waals surface area contributed by atoms with Gasteiger partial charge in [0.15, 0.2) is 11.8 Å². The molecule has 1 heterocycles. The third-order valence-corrected chi connectivity index (χ3v) is 3.85. The van der Waals surface area contributed by atoms with Gasteiger partial charge in [0.05, 0.1) is 13.2 Å². The molecule has 0 aliphatic rings. The number of hydrogen-bond donors (Lipinski definition) is 2. The molecule has 0 saturated carbocycles. The Hall–Kier alpha value is -1.95. The number of rotatable bonds is 9. The molecule has 0 aliphatic carbocycles. The summed E-state index contributed by atoms with van der Waals surface area (Å²) in [6.07, 6.45) is -0.182. The molecule has 2 aromatic rings. The van der Waals surface area contributed by atoms with Crippen LogP contribution in [-0.4, -0.2) is 53.6 Å². The summed E-state index contributed by atoms with van der Waals surface area (Å²) in [5.74, 6) is 2.38. The van der Waals surface area contributed by atoms with Gasteiger partial charge in [-0.2, -0.15) is 0 Å². The number of nitrogens with zero attached hydrogens (tertiary/aromatic N) is 4. The molecule has 0 amide bonds. The Kier molecular flexibility index (Phi) is 10.8. The van der Waals surface area contributed by atoms with Gasteiger partial charge in [-0.25, -0.2) is 9.38 Å². The lowest BCUT2D eigenvalue weighted by Crippen LogP contribution is -2.43. The molecule has 1 aromatic carbocycles. The van der Waals surface area contributed by atoms with Crippen LogP contribution in [0.25, 0.3) is 0 Å². The first-order valence-electron chi connectivity index (χ1n) is 8.77. The molecule has 0 aliphatic heterocycles. The average Bonchev–Trinajstić information content (AvgIpc) is 2.95. The fraction of sp³-hybridized carbons (Fsp3) is 0.500. The molecule has 0 saturated heterocycles. The smallest absolute Gasteiger partial charge is 0.191 e. The van der Waals surface area contributed by atoms with Gasteiger partial charge in [0.1, 0.15) is 30.0 Å². The van der Waals surface area contributed by atoms with Crippen molar-refractivity contribution in [3.05, 3.63) is 41.7 Å². The summed E-state index contributed by atoms with van der Waals surface area (Å²) in [7, 11) is 3.55. The van der Waals surface area contributed by atoms with Crippen molar-refractivity contribution in [2.45, 2.75) is 26.5 Å². The van der Waals surface area contributed by atoms with Crippen LogP contribution < -0.4 is 15.4 Å². The van der Waals surface area contributed by atoms with Crippen molar-refractivity contribution in [3.8, 4) is 5.75 Å². The van der Waals surface area contributed by atoms with E-state index in [1.165, 1.54) is 12.1 Å². The Morgan fingerprint density at radius 3 is 2.75 bits per heavy atom. The Labute approximate surface area is 181 Å². The minimum Gasteiger partial charge on any atom is -0.489 e. The van der Waals surface area contributed by atoms with E-state index in [1.807, 2.05) is 25.5 Å². The van der Waals surface area contributed by atoms with Crippen LogP contribution in [0.15, 0.2) is 29.3 Å². The van der Waals surface area contributed by atoms with E-state index in [1.54, 1.807) is 19.2 Å². The molecule has 8 nitrogen and oxygen atoms in total. The monoisotopic (exact) mass is 506 g/mol. The van der Waals surface area contributed by atoms with Crippen LogP contribution in [-0.2, 0) is 18.3 Å². The number of hydrogen-bond acceptors (Lipinski definition) is 5. The largest absolute Gasteiger partial charge is 0.489 e. The van der Waals surface area contributed by atoms with Crippen LogP contribution in [0.3, 0.4) is 0 Å². The molecule has 0 spiro atoms. The van der Waals surface area contributed by atoms with Crippen molar-refractivity contribution in [2.24, 2.45) is 12.0 Å². The molecule has 1 aromatic heterocycles. The minimum absolute atomic E-state index is 0. The number of ether oxygens (including phenoxy) is 2. The van der Waals surface area contributed by atoms with Crippen LogP contribution >= 0.6 is 24.0 Å². The zero-order valence-electron chi connectivity index (χ0n) is 16.6. The van der Waals surface area contributed by atoms with Crippen molar-refractivity contribution in [1.29, 1.82) is 0 Å². The van der Waals surface area contributed by atoms with Crippen molar-refractivity contribution in [2.75, 3.05) is 26.8 Å². The second kappa shape index (κ2) is 12.5. The molecule has 0 bridgehead atoms. The van der Waals surface area contributed by atoms with Crippen molar-refractivity contribution >= 4 is 29.9 Å². The molecule has 28 heavy (non-hydrogen) atoms. The molecule has 0 fully saturated rings. The molecular formula is C18H28FIN6O2. The maximum Gasteiger partial charge on any atom is 0.191 e. The van der Waals surface area contributed by atoms with Crippen LogP contribution in [0.5, 0.6) is 5.75 Å². The predicted molar refractivity (Wildman–Crippen MR) is 117 cm³/mol.